The van der Waals surface area contributed by atoms with Gasteiger partial charge in [-0.2, -0.15) is 4.98 Å². The van der Waals surface area contributed by atoms with Crippen molar-refractivity contribution in [3.8, 4) is 22.9 Å². The largest absolute Gasteiger partial charge is 0.506 e. The number of phenols is 2. The van der Waals surface area contributed by atoms with Crippen LogP contribution in [0.1, 0.15) is 0 Å². The molecule has 0 bridgehead atoms. The molecular formula is C8H6ClN3O2S. The molecule has 0 saturated heterocycles. The van der Waals surface area contributed by atoms with Gasteiger partial charge in [-0.05, 0) is 24.4 Å². The van der Waals surface area contributed by atoms with Crippen LogP contribution in [0.15, 0.2) is 12.1 Å². The second-order valence-corrected chi connectivity index (χ2v) is 3.58. The van der Waals surface area contributed by atoms with Crippen LogP contribution in [0.25, 0.3) is 11.4 Å². The first-order valence-corrected chi connectivity index (χ1v) is 4.73. The summed E-state index contributed by atoms with van der Waals surface area (Å²) < 4.78 is 0.272. The van der Waals surface area contributed by atoms with Crippen LogP contribution in [0, 0.1) is 4.77 Å². The Hall–Kier alpha value is -1.53. The van der Waals surface area contributed by atoms with E-state index in [4.69, 9.17) is 23.8 Å². The van der Waals surface area contributed by atoms with Crippen molar-refractivity contribution in [1.29, 1.82) is 0 Å². The van der Waals surface area contributed by atoms with Gasteiger partial charge in [0.1, 0.15) is 16.5 Å². The Morgan fingerprint density at radius 3 is 2.60 bits per heavy atom. The summed E-state index contributed by atoms with van der Waals surface area (Å²) in [5, 5.41) is 24.0. The van der Waals surface area contributed by atoms with Gasteiger partial charge in [-0.25, -0.2) is 0 Å². The molecule has 0 radical (unpaired) electrons. The molecule has 1 heterocycles. The van der Waals surface area contributed by atoms with Crippen molar-refractivity contribution in [2.24, 2.45) is 0 Å². The predicted molar refractivity (Wildman–Crippen MR) is 57.5 cm³/mol. The molecule has 1 aromatic heterocycles. The summed E-state index contributed by atoms with van der Waals surface area (Å²) in [6, 6.07) is 2.85. The number of H-pyrrole nitrogens is 2. The smallest absolute Gasteiger partial charge is 0.213 e. The Bertz CT molecular complexity index is 563. The number of halogens is 1. The normalized spacial score (nSPS) is 10.5. The zero-order chi connectivity index (χ0) is 11.0. The molecule has 0 saturated carbocycles. The highest BCUT2D eigenvalue weighted by Gasteiger charge is 2.13. The maximum Gasteiger partial charge on any atom is 0.213 e. The van der Waals surface area contributed by atoms with Crippen LogP contribution in [-0.2, 0) is 0 Å². The van der Waals surface area contributed by atoms with Crippen molar-refractivity contribution >= 4 is 23.8 Å². The summed E-state index contributed by atoms with van der Waals surface area (Å²) in [7, 11) is 0. The molecule has 7 heteroatoms. The van der Waals surface area contributed by atoms with E-state index in [-0.39, 0.29) is 21.3 Å². The highest BCUT2D eigenvalue weighted by atomic mass is 35.5. The number of aromatic amines is 2. The molecule has 0 atom stereocenters. The fourth-order valence-electron chi connectivity index (χ4n) is 1.14. The third-order valence-corrected chi connectivity index (χ3v) is 2.42. The molecule has 2 rings (SSSR count). The third kappa shape index (κ3) is 1.69. The molecule has 0 spiro atoms. The van der Waals surface area contributed by atoms with Crippen LogP contribution >= 0.6 is 23.8 Å². The van der Waals surface area contributed by atoms with Gasteiger partial charge in [0.15, 0.2) is 5.82 Å². The molecule has 0 fully saturated rings. The van der Waals surface area contributed by atoms with Crippen molar-refractivity contribution in [1.82, 2.24) is 15.2 Å². The summed E-state index contributed by atoms with van der Waals surface area (Å²) in [6.07, 6.45) is 0. The van der Waals surface area contributed by atoms with Crippen LogP contribution in [-0.4, -0.2) is 25.4 Å². The van der Waals surface area contributed by atoms with Gasteiger partial charge in [-0.3, -0.25) is 10.2 Å². The number of hydrogen-bond donors (Lipinski definition) is 4. The lowest BCUT2D eigenvalue weighted by Gasteiger charge is -2.04. The van der Waals surface area contributed by atoms with Crippen LogP contribution in [0.2, 0.25) is 5.02 Å². The van der Waals surface area contributed by atoms with Crippen molar-refractivity contribution < 1.29 is 10.2 Å². The lowest BCUT2D eigenvalue weighted by Crippen LogP contribution is -1.83. The second kappa shape index (κ2) is 3.56. The Labute approximate surface area is 94.4 Å². The number of phenolic OH excluding ortho intramolecular Hbond substituents is 2. The van der Waals surface area contributed by atoms with Gasteiger partial charge in [0, 0.05) is 0 Å². The first-order valence-electron chi connectivity index (χ1n) is 3.95. The molecule has 1 aromatic carbocycles. The van der Waals surface area contributed by atoms with Gasteiger partial charge in [0.25, 0.3) is 0 Å². The number of benzene rings is 1. The molecule has 4 N–H and O–H groups in total. The van der Waals surface area contributed by atoms with Gasteiger partial charge in [0.05, 0.1) is 5.56 Å². The topological polar surface area (TPSA) is 84.9 Å². The SMILES string of the molecule is Oc1ccc(-c2nc(=S)[nH][nH]2)c(O)c1Cl. The van der Waals surface area contributed by atoms with Gasteiger partial charge in [-0.1, -0.05) is 11.6 Å². The van der Waals surface area contributed by atoms with E-state index < -0.39 is 0 Å². The van der Waals surface area contributed by atoms with E-state index >= 15 is 0 Å². The molecular weight excluding hydrogens is 238 g/mol. The van der Waals surface area contributed by atoms with Crippen molar-refractivity contribution in [2.75, 3.05) is 0 Å². The minimum Gasteiger partial charge on any atom is -0.506 e. The third-order valence-electron chi connectivity index (χ3n) is 1.85. The van der Waals surface area contributed by atoms with E-state index in [0.29, 0.717) is 11.4 Å². The van der Waals surface area contributed by atoms with Crippen LogP contribution in [0.3, 0.4) is 0 Å². The van der Waals surface area contributed by atoms with Gasteiger partial charge in [0.2, 0.25) is 4.77 Å². The number of nitrogens with zero attached hydrogens (tertiary/aromatic N) is 1. The average Bonchev–Trinajstić information content (AvgIpc) is 2.61. The number of nitrogens with one attached hydrogen (secondary N) is 2. The van der Waals surface area contributed by atoms with Crippen molar-refractivity contribution in [2.45, 2.75) is 0 Å². The zero-order valence-corrected chi connectivity index (χ0v) is 8.85. The van der Waals surface area contributed by atoms with E-state index in [1.54, 1.807) is 0 Å². The molecule has 0 unspecified atom stereocenters. The maximum absolute atomic E-state index is 9.64. The summed E-state index contributed by atoms with van der Waals surface area (Å²) in [4.78, 5) is 3.92. The summed E-state index contributed by atoms with van der Waals surface area (Å²) in [5.41, 5.74) is 0.366. The molecule has 15 heavy (non-hydrogen) atoms. The quantitative estimate of drug-likeness (QED) is 0.579. The molecule has 0 aliphatic carbocycles. The average molecular weight is 244 g/mol. The van der Waals surface area contributed by atoms with Crippen LogP contribution in [0.4, 0.5) is 0 Å². The van der Waals surface area contributed by atoms with E-state index in [2.05, 4.69) is 15.2 Å². The second-order valence-electron chi connectivity index (χ2n) is 2.81. The fraction of sp³-hybridized carbons (Fsp3) is 0. The Kier molecular flexibility index (Phi) is 2.37. The highest BCUT2D eigenvalue weighted by molar-refractivity contribution is 7.71. The monoisotopic (exact) mass is 243 g/mol. The Morgan fingerprint density at radius 1 is 1.27 bits per heavy atom. The Morgan fingerprint density at radius 2 is 2.00 bits per heavy atom. The first kappa shape index (κ1) is 10.0. The summed E-state index contributed by atoms with van der Waals surface area (Å²) >= 11 is 10.4. The van der Waals surface area contributed by atoms with Crippen molar-refractivity contribution in [3.63, 3.8) is 0 Å². The van der Waals surface area contributed by atoms with Crippen LogP contribution < -0.4 is 0 Å². The molecule has 78 valence electrons. The maximum atomic E-state index is 9.64. The number of rotatable bonds is 1. The molecule has 0 aliphatic heterocycles. The molecule has 0 aliphatic rings. The van der Waals surface area contributed by atoms with E-state index in [1.165, 1.54) is 12.1 Å². The van der Waals surface area contributed by atoms with Gasteiger partial charge < -0.3 is 10.2 Å². The minimum atomic E-state index is -0.241. The number of aromatic hydroxyl groups is 2. The van der Waals surface area contributed by atoms with Gasteiger partial charge >= 0.3 is 0 Å². The lowest BCUT2D eigenvalue weighted by molar-refractivity contribution is 0.452. The molecule has 0 amide bonds. The summed E-state index contributed by atoms with van der Waals surface area (Å²) in [6.45, 7) is 0. The van der Waals surface area contributed by atoms with E-state index in [9.17, 15) is 10.2 Å². The van der Waals surface area contributed by atoms with Gasteiger partial charge in [-0.15, -0.1) is 0 Å². The molecule has 2 aromatic rings. The molecule has 5 nitrogen and oxygen atoms in total. The predicted octanol–water partition coefficient (Wildman–Crippen LogP) is 2.20. The van der Waals surface area contributed by atoms with E-state index in [1.807, 2.05) is 0 Å². The highest BCUT2D eigenvalue weighted by Crippen LogP contribution is 2.38. The lowest BCUT2D eigenvalue weighted by atomic mass is 10.2. The van der Waals surface area contributed by atoms with E-state index in [0.717, 1.165) is 0 Å². The number of hydrogen-bond acceptors (Lipinski definition) is 4. The van der Waals surface area contributed by atoms with Crippen molar-refractivity contribution in [3.05, 3.63) is 21.9 Å². The van der Waals surface area contributed by atoms with Crippen LogP contribution in [0.5, 0.6) is 11.5 Å². The summed E-state index contributed by atoms with van der Waals surface area (Å²) in [5.74, 6) is -0.0686. The minimum absolute atomic E-state index is 0.116. The standard InChI is InChI=1S/C8H6ClN3O2S/c9-5-4(13)2-1-3(6(5)14)7-10-8(15)12-11-7/h1-2,13-14H,(H2,10,11,12,15). The fourth-order valence-corrected chi connectivity index (χ4v) is 1.45. The first-order chi connectivity index (χ1) is 7.09. The number of aromatic nitrogens is 3. The Balaban J connectivity index is 2.64. The zero-order valence-electron chi connectivity index (χ0n) is 7.28.